The van der Waals surface area contributed by atoms with Crippen LogP contribution in [0.5, 0.6) is 0 Å². The van der Waals surface area contributed by atoms with E-state index in [9.17, 15) is 4.79 Å². The molecule has 0 aliphatic heterocycles. The summed E-state index contributed by atoms with van der Waals surface area (Å²) in [7, 11) is 1.67. The summed E-state index contributed by atoms with van der Waals surface area (Å²) in [5, 5.41) is 3.21. The third-order valence-electron chi connectivity index (χ3n) is 4.01. The van der Waals surface area contributed by atoms with Gasteiger partial charge >= 0.3 is 0 Å². The quantitative estimate of drug-likeness (QED) is 0.799. The van der Waals surface area contributed by atoms with Gasteiger partial charge in [0.2, 0.25) is 0 Å². The van der Waals surface area contributed by atoms with Crippen molar-refractivity contribution < 1.29 is 9.53 Å². The highest BCUT2D eigenvalue weighted by Crippen LogP contribution is 2.35. The van der Waals surface area contributed by atoms with E-state index >= 15 is 0 Å². The Balaban J connectivity index is 2.20. The van der Waals surface area contributed by atoms with E-state index in [0.717, 1.165) is 12.2 Å². The first-order chi connectivity index (χ1) is 10.2. The molecule has 116 valence electrons. The smallest absolute Gasteiger partial charge is 0.256 e. The lowest BCUT2D eigenvalue weighted by Gasteiger charge is -2.30. The lowest BCUT2D eigenvalue weighted by Crippen LogP contribution is -2.42. The number of hydrogen-bond donors (Lipinski definition) is 1. The second-order valence-corrected chi connectivity index (χ2v) is 5.52. The second kappa shape index (κ2) is 7.41. The standard InChI is InChI=1S/C16H25N3O2/c1-4-18-15-11-17-8-7-14(15)16(20)19(9-10-21-3)12(2)13-5-6-13/h7-8,11-13,18H,4-6,9-10H2,1-3H3. The van der Waals surface area contributed by atoms with Crippen LogP contribution in [0.1, 0.15) is 37.0 Å². The third kappa shape index (κ3) is 3.94. The minimum atomic E-state index is 0.0600. The fourth-order valence-electron chi connectivity index (χ4n) is 2.58. The molecule has 5 nitrogen and oxygen atoms in total. The molecular weight excluding hydrogens is 266 g/mol. The van der Waals surface area contributed by atoms with Crippen LogP contribution in [0, 0.1) is 5.92 Å². The maximum absolute atomic E-state index is 12.9. The summed E-state index contributed by atoms with van der Waals surface area (Å²) < 4.78 is 5.16. The van der Waals surface area contributed by atoms with Crippen LogP contribution in [0.2, 0.25) is 0 Å². The largest absolute Gasteiger partial charge is 0.383 e. The van der Waals surface area contributed by atoms with Gasteiger partial charge in [-0.15, -0.1) is 0 Å². The molecule has 1 amide bonds. The van der Waals surface area contributed by atoms with Crippen LogP contribution >= 0.6 is 0 Å². The van der Waals surface area contributed by atoms with Crippen LogP contribution in [0.3, 0.4) is 0 Å². The molecule has 1 heterocycles. The Labute approximate surface area is 126 Å². The first kappa shape index (κ1) is 15.8. The molecule has 0 saturated heterocycles. The van der Waals surface area contributed by atoms with Crippen LogP contribution in [0.4, 0.5) is 5.69 Å². The summed E-state index contributed by atoms with van der Waals surface area (Å²) in [5.74, 6) is 0.694. The van der Waals surface area contributed by atoms with Crippen LogP contribution in [0.15, 0.2) is 18.5 Å². The zero-order chi connectivity index (χ0) is 15.2. The van der Waals surface area contributed by atoms with E-state index in [-0.39, 0.29) is 11.9 Å². The van der Waals surface area contributed by atoms with Gasteiger partial charge in [-0.05, 0) is 38.7 Å². The number of pyridine rings is 1. The molecule has 1 fully saturated rings. The van der Waals surface area contributed by atoms with Gasteiger partial charge in [0.25, 0.3) is 5.91 Å². The predicted octanol–water partition coefficient (Wildman–Crippen LogP) is 2.40. The van der Waals surface area contributed by atoms with E-state index < -0.39 is 0 Å². The number of carbonyl (C=O) groups excluding carboxylic acids is 1. The number of methoxy groups -OCH3 is 1. The van der Waals surface area contributed by atoms with Crippen molar-refractivity contribution in [1.82, 2.24) is 9.88 Å². The molecule has 0 spiro atoms. The molecule has 21 heavy (non-hydrogen) atoms. The second-order valence-electron chi connectivity index (χ2n) is 5.52. The van der Waals surface area contributed by atoms with Gasteiger partial charge in [0.15, 0.2) is 0 Å². The molecule has 0 radical (unpaired) electrons. The number of anilines is 1. The van der Waals surface area contributed by atoms with E-state index in [0.29, 0.717) is 24.6 Å². The van der Waals surface area contributed by atoms with Crippen LogP contribution in [0.25, 0.3) is 0 Å². The summed E-state index contributed by atoms with van der Waals surface area (Å²) >= 11 is 0. The third-order valence-corrected chi connectivity index (χ3v) is 4.01. The molecule has 1 aliphatic carbocycles. The molecule has 1 aliphatic rings. The van der Waals surface area contributed by atoms with E-state index in [2.05, 4.69) is 17.2 Å². The minimum absolute atomic E-state index is 0.0600. The summed E-state index contributed by atoms with van der Waals surface area (Å²) in [5.41, 5.74) is 1.49. The average Bonchev–Trinajstić information content (AvgIpc) is 3.33. The Morgan fingerprint density at radius 3 is 2.95 bits per heavy atom. The van der Waals surface area contributed by atoms with Gasteiger partial charge in [-0.3, -0.25) is 9.78 Å². The molecule has 2 rings (SSSR count). The molecular formula is C16H25N3O2. The van der Waals surface area contributed by atoms with Gasteiger partial charge in [-0.25, -0.2) is 0 Å². The van der Waals surface area contributed by atoms with E-state index in [1.54, 1.807) is 25.6 Å². The molecule has 0 bridgehead atoms. The van der Waals surface area contributed by atoms with Crippen LogP contribution in [-0.2, 0) is 4.74 Å². The minimum Gasteiger partial charge on any atom is -0.383 e. The molecule has 1 aromatic rings. The number of carbonyl (C=O) groups is 1. The van der Waals surface area contributed by atoms with E-state index in [1.807, 2.05) is 11.8 Å². The fraction of sp³-hybridized carbons (Fsp3) is 0.625. The summed E-state index contributed by atoms with van der Waals surface area (Å²) in [6.07, 6.45) is 5.82. The van der Waals surface area contributed by atoms with Crippen molar-refractivity contribution in [3.63, 3.8) is 0 Å². The van der Waals surface area contributed by atoms with Gasteiger partial charge in [0, 0.05) is 32.4 Å². The maximum atomic E-state index is 12.9. The van der Waals surface area contributed by atoms with Crippen molar-refractivity contribution in [3.8, 4) is 0 Å². The van der Waals surface area contributed by atoms with Crippen LogP contribution in [-0.4, -0.2) is 48.6 Å². The lowest BCUT2D eigenvalue weighted by atomic mass is 10.1. The van der Waals surface area contributed by atoms with Crippen molar-refractivity contribution in [2.75, 3.05) is 32.1 Å². The number of rotatable bonds is 8. The van der Waals surface area contributed by atoms with Gasteiger partial charge in [-0.2, -0.15) is 0 Å². The number of aromatic nitrogens is 1. The van der Waals surface area contributed by atoms with E-state index in [1.165, 1.54) is 12.8 Å². The SMILES string of the molecule is CCNc1cnccc1C(=O)N(CCOC)C(C)C1CC1. The lowest BCUT2D eigenvalue weighted by molar-refractivity contribution is 0.0595. The van der Waals surface area contributed by atoms with Gasteiger partial charge in [0.05, 0.1) is 24.1 Å². The number of nitrogens with zero attached hydrogens (tertiary/aromatic N) is 2. The van der Waals surface area contributed by atoms with Gasteiger partial charge in [0.1, 0.15) is 0 Å². The first-order valence-corrected chi connectivity index (χ1v) is 7.66. The highest BCUT2D eigenvalue weighted by Gasteiger charge is 2.34. The maximum Gasteiger partial charge on any atom is 0.256 e. The Hall–Kier alpha value is -1.62. The molecule has 5 heteroatoms. The van der Waals surface area contributed by atoms with Crippen LogP contribution < -0.4 is 5.32 Å². The summed E-state index contributed by atoms with van der Waals surface area (Å²) in [6.45, 7) is 6.10. The summed E-state index contributed by atoms with van der Waals surface area (Å²) in [4.78, 5) is 19.0. The average molecular weight is 291 g/mol. The van der Waals surface area contributed by atoms with Crippen molar-refractivity contribution in [2.24, 2.45) is 5.92 Å². The van der Waals surface area contributed by atoms with Crippen molar-refractivity contribution in [3.05, 3.63) is 24.0 Å². The number of amides is 1. The first-order valence-electron chi connectivity index (χ1n) is 7.66. The molecule has 1 N–H and O–H groups in total. The Morgan fingerprint density at radius 2 is 2.33 bits per heavy atom. The highest BCUT2D eigenvalue weighted by molar-refractivity contribution is 5.99. The van der Waals surface area contributed by atoms with Crippen molar-refractivity contribution in [1.29, 1.82) is 0 Å². The van der Waals surface area contributed by atoms with Gasteiger partial charge in [-0.1, -0.05) is 0 Å². The monoisotopic (exact) mass is 291 g/mol. The summed E-state index contributed by atoms with van der Waals surface area (Å²) in [6, 6.07) is 2.05. The fourth-order valence-corrected chi connectivity index (χ4v) is 2.58. The van der Waals surface area contributed by atoms with E-state index in [4.69, 9.17) is 4.74 Å². The molecule has 0 aromatic carbocycles. The van der Waals surface area contributed by atoms with Gasteiger partial charge < -0.3 is 15.0 Å². The number of ether oxygens (including phenoxy) is 1. The normalized spacial score (nSPS) is 15.6. The molecule has 1 saturated carbocycles. The molecule has 1 atom stereocenters. The van der Waals surface area contributed by atoms with Crippen molar-refractivity contribution in [2.45, 2.75) is 32.7 Å². The number of nitrogens with one attached hydrogen (secondary N) is 1. The number of hydrogen-bond acceptors (Lipinski definition) is 4. The topological polar surface area (TPSA) is 54.5 Å². The Morgan fingerprint density at radius 1 is 1.57 bits per heavy atom. The van der Waals surface area contributed by atoms with Crippen molar-refractivity contribution >= 4 is 11.6 Å². The zero-order valence-electron chi connectivity index (χ0n) is 13.1. The Bertz CT molecular complexity index is 474. The highest BCUT2D eigenvalue weighted by atomic mass is 16.5. The predicted molar refractivity (Wildman–Crippen MR) is 83.5 cm³/mol. The molecule has 1 aromatic heterocycles. The zero-order valence-corrected chi connectivity index (χ0v) is 13.1. The molecule has 1 unspecified atom stereocenters. The Kier molecular flexibility index (Phi) is 5.56.